The highest BCUT2D eigenvalue weighted by molar-refractivity contribution is 7.91. The van der Waals surface area contributed by atoms with Crippen molar-refractivity contribution in [3.63, 3.8) is 0 Å². The van der Waals surface area contributed by atoms with Gasteiger partial charge in [0.2, 0.25) is 0 Å². The van der Waals surface area contributed by atoms with Crippen LogP contribution in [0.4, 0.5) is 18.9 Å². The van der Waals surface area contributed by atoms with E-state index in [0.717, 1.165) is 0 Å². The topological polar surface area (TPSA) is 60.2 Å². The van der Waals surface area contributed by atoms with Crippen molar-refractivity contribution in [3.8, 4) is 0 Å². The van der Waals surface area contributed by atoms with Crippen LogP contribution in [-0.2, 0) is 9.84 Å². The summed E-state index contributed by atoms with van der Waals surface area (Å²) in [6, 6.07) is 4.13. The second-order valence-electron chi connectivity index (χ2n) is 3.70. The zero-order valence-corrected chi connectivity index (χ0v) is 10.7. The van der Waals surface area contributed by atoms with E-state index in [-0.39, 0.29) is 15.6 Å². The first-order valence-electron chi connectivity index (χ1n) is 4.97. The molecule has 0 fully saturated rings. The summed E-state index contributed by atoms with van der Waals surface area (Å²) in [5.41, 5.74) is 5.42. The Morgan fingerprint density at radius 2 is 1.89 bits per heavy atom. The van der Waals surface area contributed by atoms with Crippen LogP contribution in [0.5, 0.6) is 0 Å². The maximum atomic E-state index is 11.9. The smallest absolute Gasteiger partial charge is 0.389 e. The highest BCUT2D eigenvalue weighted by Crippen LogP contribution is 2.29. The predicted molar refractivity (Wildman–Crippen MR) is 63.2 cm³/mol. The third-order valence-electron chi connectivity index (χ3n) is 2.18. The molecule has 2 N–H and O–H groups in total. The summed E-state index contributed by atoms with van der Waals surface area (Å²) in [5.74, 6) is -0.638. The Hall–Kier alpha value is -0.950. The molecule has 0 amide bonds. The van der Waals surface area contributed by atoms with Crippen molar-refractivity contribution in [1.82, 2.24) is 0 Å². The second-order valence-corrected chi connectivity index (χ2v) is 6.15. The van der Waals surface area contributed by atoms with Crippen molar-refractivity contribution in [2.45, 2.75) is 23.9 Å². The average Bonchev–Trinajstić information content (AvgIpc) is 2.13. The zero-order valence-electron chi connectivity index (χ0n) is 9.17. The van der Waals surface area contributed by atoms with Gasteiger partial charge in [0, 0.05) is 6.42 Å². The Morgan fingerprint density at radius 3 is 2.39 bits per heavy atom. The fourth-order valence-electron chi connectivity index (χ4n) is 1.42. The lowest BCUT2D eigenvalue weighted by molar-refractivity contribution is -0.134. The molecule has 3 nitrogen and oxygen atoms in total. The van der Waals surface area contributed by atoms with Crippen molar-refractivity contribution in [2.75, 3.05) is 11.5 Å². The molecule has 0 aliphatic rings. The normalized spacial score (nSPS) is 12.7. The van der Waals surface area contributed by atoms with Gasteiger partial charge < -0.3 is 5.73 Å². The lowest BCUT2D eigenvalue weighted by Gasteiger charge is -2.10. The van der Waals surface area contributed by atoms with Gasteiger partial charge in [0.05, 0.1) is 16.5 Å². The van der Waals surface area contributed by atoms with Gasteiger partial charge in [-0.05, 0) is 18.6 Å². The van der Waals surface area contributed by atoms with E-state index < -0.39 is 34.6 Å². The number of rotatable bonds is 4. The summed E-state index contributed by atoms with van der Waals surface area (Å²) in [6.07, 6.45) is -6.05. The highest BCUT2D eigenvalue weighted by Gasteiger charge is 2.28. The monoisotopic (exact) mass is 301 g/mol. The van der Waals surface area contributed by atoms with Crippen LogP contribution in [-0.4, -0.2) is 20.3 Å². The quantitative estimate of drug-likeness (QED) is 0.870. The summed E-state index contributed by atoms with van der Waals surface area (Å²) in [7, 11) is -3.90. The molecule has 0 aliphatic heterocycles. The van der Waals surface area contributed by atoms with E-state index in [1.54, 1.807) is 0 Å². The molecule has 0 saturated heterocycles. The molecule has 1 aromatic carbocycles. The van der Waals surface area contributed by atoms with Gasteiger partial charge in [0.15, 0.2) is 9.84 Å². The average molecular weight is 302 g/mol. The minimum atomic E-state index is -4.37. The number of alkyl halides is 3. The van der Waals surface area contributed by atoms with Crippen LogP contribution < -0.4 is 5.73 Å². The van der Waals surface area contributed by atoms with Crippen LogP contribution in [0.15, 0.2) is 23.1 Å². The summed E-state index contributed by atoms with van der Waals surface area (Å²) in [4.78, 5) is -0.297. The summed E-state index contributed by atoms with van der Waals surface area (Å²) in [6.45, 7) is 0. The van der Waals surface area contributed by atoms with Gasteiger partial charge in [-0.3, -0.25) is 0 Å². The summed E-state index contributed by atoms with van der Waals surface area (Å²) in [5, 5.41) is -0.0815. The van der Waals surface area contributed by atoms with E-state index in [0.29, 0.717) is 0 Å². The van der Waals surface area contributed by atoms with E-state index >= 15 is 0 Å². The number of nitrogens with two attached hydrogens (primary N) is 1. The summed E-state index contributed by atoms with van der Waals surface area (Å²) < 4.78 is 59.5. The fraction of sp³-hybridized carbons (Fsp3) is 0.400. The number of nitrogen functional groups attached to an aromatic ring is 1. The molecule has 18 heavy (non-hydrogen) atoms. The molecule has 0 atom stereocenters. The van der Waals surface area contributed by atoms with E-state index in [9.17, 15) is 21.6 Å². The first kappa shape index (κ1) is 15.1. The van der Waals surface area contributed by atoms with Gasteiger partial charge in [-0.15, -0.1) is 0 Å². The minimum Gasteiger partial charge on any atom is -0.398 e. The number of sulfone groups is 1. The Kier molecular flexibility index (Phi) is 4.50. The molecule has 0 aliphatic carbocycles. The molecule has 0 saturated carbocycles. The molecule has 0 radical (unpaired) electrons. The van der Waals surface area contributed by atoms with Crippen LogP contribution in [0, 0.1) is 0 Å². The molecule has 102 valence electrons. The van der Waals surface area contributed by atoms with Crippen molar-refractivity contribution < 1.29 is 21.6 Å². The van der Waals surface area contributed by atoms with Crippen LogP contribution in [0.1, 0.15) is 12.8 Å². The first-order valence-corrected chi connectivity index (χ1v) is 7.00. The summed E-state index contributed by atoms with van der Waals surface area (Å²) >= 11 is 5.70. The van der Waals surface area contributed by atoms with E-state index in [4.69, 9.17) is 17.3 Å². The molecule has 0 unspecified atom stereocenters. The zero-order chi connectivity index (χ0) is 14.0. The van der Waals surface area contributed by atoms with Crippen LogP contribution in [0.3, 0.4) is 0 Å². The Balaban J connectivity index is 2.88. The second kappa shape index (κ2) is 5.36. The maximum Gasteiger partial charge on any atom is 0.389 e. The molecule has 0 bridgehead atoms. The standard InChI is InChI=1S/C10H11ClF3NO2S/c11-7-3-1-4-8(15)9(7)18(16,17)6-2-5-10(12,13)14/h1,3-4H,2,5-6,15H2. The maximum absolute atomic E-state index is 11.9. The van der Waals surface area contributed by atoms with Crippen molar-refractivity contribution in [2.24, 2.45) is 0 Å². The SMILES string of the molecule is Nc1cccc(Cl)c1S(=O)(=O)CCCC(F)(F)F. The van der Waals surface area contributed by atoms with Gasteiger partial charge in [0.1, 0.15) is 4.90 Å². The first-order chi connectivity index (χ1) is 8.13. The predicted octanol–water partition coefficient (Wildman–Crippen LogP) is 3.04. The van der Waals surface area contributed by atoms with Crippen LogP contribution in [0.25, 0.3) is 0 Å². The highest BCUT2D eigenvalue weighted by atomic mass is 35.5. The lowest BCUT2D eigenvalue weighted by atomic mass is 10.3. The number of anilines is 1. The molecule has 8 heteroatoms. The Bertz CT molecular complexity index is 508. The Morgan fingerprint density at radius 1 is 1.28 bits per heavy atom. The lowest BCUT2D eigenvalue weighted by Crippen LogP contribution is -2.14. The van der Waals surface area contributed by atoms with Crippen LogP contribution in [0.2, 0.25) is 5.02 Å². The molecule has 0 aromatic heterocycles. The minimum absolute atomic E-state index is 0.0606. The fourth-order valence-corrected chi connectivity index (χ4v) is 3.47. The van der Waals surface area contributed by atoms with Crippen LogP contribution >= 0.6 is 11.6 Å². The van der Waals surface area contributed by atoms with E-state index in [1.807, 2.05) is 0 Å². The van der Waals surface area contributed by atoms with Crippen molar-refractivity contribution in [3.05, 3.63) is 23.2 Å². The van der Waals surface area contributed by atoms with Gasteiger partial charge in [-0.2, -0.15) is 13.2 Å². The third-order valence-corrected chi connectivity index (χ3v) is 4.51. The molecule has 1 rings (SSSR count). The Labute approximate surface area is 108 Å². The molecular weight excluding hydrogens is 291 g/mol. The largest absolute Gasteiger partial charge is 0.398 e. The van der Waals surface area contributed by atoms with Crippen molar-refractivity contribution in [1.29, 1.82) is 0 Å². The number of hydrogen-bond acceptors (Lipinski definition) is 3. The molecule has 0 spiro atoms. The van der Waals surface area contributed by atoms with E-state index in [2.05, 4.69) is 0 Å². The molecular formula is C10H11ClF3NO2S. The third kappa shape index (κ3) is 4.06. The van der Waals surface area contributed by atoms with Crippen molar-refractivity contribution >= 4 is 27.1 Å². The van der Waals surface area contributed by atoms with Gasteiger partial charge in [-0.1, -0.05) is 17.7 Å². The molecule has 1 aromatic rings. The van der Waals surface area contributed by atoms with E-state index in [1.165, 1.54) is 18.2 Å². The molecule has 0 heterocycles. The van der Waals surface area contributed by atoms with Gasteiger partial charge >= 0.3 is 6.18 Å². The van der Waals surface area contributed by atoms with Gasteiger partial charge in [-0.25, -0.2) is 8.42 Å². The van der Waals surface area contributed by atoms with Gasteiger partial charge in [0.25, 0.3) is 0 Å². The number of hydrogen-bond donors (Lipinski definition) is 1. The number of benzene rings is 1. The number of halogens is 4.